The number of carbonyl (C=O) groups excluding carboxylic acids is 1. The Morgan fingerprint density at radius 3 is 2.81 bits per heavy atom. The first kappa shape index (κ1) is 16.0. The molecule has 4 nitrogen and oxygen atoms in total. The topological polar surface area (TPSA) is 51.2 Å². The van der Waals surface area contributed by atoms with Crippen molar-refractivity contribution in [3.8, 4) is 0 Å². The van der Waals surface area contributed by atoms with Gasteiger partial charge >= 0.3 is 5.97 Å². The van der Waals surface area contributed by atoms with Crippen LogP contribution in [-0.2, 0) is 16.0 Å². The molecule has 1 N–H and O–H groups in total. The SMILES string of the molecule is COC(=O)CCc1csc(NC(C)c2ccc(Br)cc2)n1. The number of hydrogen-bond donors (Lipinski definition) is 1. The second kappa shape index (κ2) is 7.56. The molecule has 1 unspecified atom stereocenters. The van der Waals surface area contributed by atoms with Gasteiger partial charge in [0.15, 0.2) is 5.13 Å². The number of anilines is 1. The largest absolute Gasteiger partial charge is 0.469 e. The number of nitrogens with one attached hydrogen (secondary N) is 1. The number of aryl methyl sites for hydroxylation is 1. The molecule has 6 heteroatoms. The number of nitrogens with zero attached hydrogens (tertiary/aromatic N) is 1. The molecule has 0 radical (unpaired) electrons. The molecular weight excluding hydrogens is 352 g/mol. The Kier molecular flexibility index (Phi) is 5.76. The predicted molar refractivity (Wildman–Crippen MR) is 88.6 cm³/mol. The van der Waals surface area contributed by atoms with Gasteiger partial charge in [-0.3, -0.25) is 4.79 Å². The number of ether oxygens (including phenoxy) is 1. The molecular formula is C15H17BrN2O2S. The minimum atomic E-state index is -0.208. The molecule has 0 amide bonds. The highest BCUT2D eigenvalue weighted by Crippen LogP contribution is 2.24. The van der Waals surface area contributed by atoms with Gasteiger partial charge in [0.25, 0.3) is 0 Å². The van der Waals surface area contributed by atoms with Gasteiger partial charge in [-0.25, -0.2) is 4.98 Å². The van der Waals surface area contributed by atoms with Crippen LogP contribution in [0.2, 0.25) is 0 Å². The van der Waals surface area contributed by atoms with Crippen molar-refractivity contribution in [2.75, 3.05) is 12.4 Å². The van der Waals surface area contributed by atoms with E-state index in [2.05, 4.69) is 50.0 Å². The number of esters is 1. The number of benzene rings is 1. The van der Waals surface area contributed by atoms with Gasteiger partial charge in [0.1, 0.15) is 0 Å². The van der Waals surface area contributed by atoms with Crippen LogP contribution >= 0.6 is 27.3 Å². The molecule has 0 aliphatic heterocycles. The van der Waals surface area contributed by atoms with E-state index in [1.807, 2.05) is 17.5 Å². The van der Waals surface area contributed by atoms with Gasteiger partial charge in [0.05, 0.1) is 25.3 Å². The zero-order valence-corrected chi connectivity index (χ0v) is 14.3. The number of thiazole rings is 1. The second-order valence-electron chi connectivity index (χ2n) is 4.64. The molecule has 21 heavy (non-hydrogen) atoms. The first-order chi connectivity index (χ1) is 10.1. The standard InChI is InChI=1S/C15H17BrN2O2S/c1-10(11-3-5-12(16)6-4-11)17-15-18-13(9-21-15)7-8-14(19)20-2/h3-6,9-10H,7-8H2,1-2H3,(H,17,18). The molecule has 0 aliphatic carbocycles. The molecule has 0 aliphatic rings. The summed E-state index contributed by atoms with van der Waals surface area (Å²) in [5.41, 5.74) is 2.11. The Morgan fingerprint density at radius 2 is 2.14 bits per heavy atom. The molecule has 1 aromatic heterocycles. The Morgan fingerprint density at radius 1 is 1.43 bits per heavy atom. The summed E-state index contributed by atoms with van der Waals surface area (Å²) < 4.78 is 5.70. The smallest absolute Gasteiger partial charge is 0.305 e. The van der Waals surface area contributed by atoms with E-state index in [1.54, 1.807) is 11.3 Å². The van der Waals surface area contributed by atoms with E-state index in [1.165, 1.54) is 12.7 Å². The Bertz CT molecular complexity index is 598. The van der Waals surface area contributed by atoms with Crippen molar-refractivity contribution in [1.29, 1.82) is 0 Å². The van der Waals surface area contributed by atoms with Crippen LogP contribution in [0.5, 0.6) is 0 Å². The number of carbonyl (C=O) groups is 1. The van der Waals surface area contributed by atoms with Gasteiger partial charge in [-0.05, 0) is 24.6 Å². The highest BCUT2D eigenvalue weighted by molar-refractivity contribution is 9.10. The van der Waals surface area contributed by atoms with Crippen LogP contribution in [-0.4, -0.2) is 18.1 Å². The molecule has 0 fully saturated rings. The van der Waals surface area contributed by atoms with Crippen LogP contribution in [0.4, 0.5) is 5.13 Å². The predicted octanol–water partition coefficient (Wildman–Crippen LogP) is 4.18. The van der Waals surface area contributed by atoms with Crippen molar-refractivity contribution in [3.05, 3.63) is 45.4 Å². The normalized spacial score (nSPS) is 12.0. The molecule has 0 bridgehead atoms. The summed E-state index contributed by atoms with van der Waals surface area (Å²) in [6.45, 7) is 2.10. The van der Waals surface area contributed by atoms with Crippen molar-refractivity contribution in [2.24, 2.45) is 0 Å². The van der Waals surface area contributed by atoms with E-state index in [0.29, 0.717) is 12.8 Å². The lowest BCUT2D eigenvalue weighted by Crippen LogP contribution is -2.06. The van der Waals surface area contributed by atoms with Crippen molar-refractivity contribution in [3.63, 3.8) is 0 Å². The molecule has 1 heterocycles. The first-order valence-corrected chi connectivity index (χ1v) is 8.29. The van der Waals surface area contributed by atoms with E-state index < -0.39 is 0 Å². The molecule has 1 atom stereocenters. The maximum absolute atomic E-state index is 11.1. The van der Waals surface area contributed by atoms with Crippen LogP contribution in [0, 0.1) is 0 Å². The van der Waals surface area contributed by atoms with Crippen LogP contribution in [0.15, 0.2) is 34.1 Å². The van der Waals surface area contributed by atoms with Crippen LogP contribution < -0.4 is 5.32 Å². The van der Waals surface area contributed by atoms with Crippen LogP contribution in [0.1, 0.15) is 30.6 Å². The lowest BCUT2D eigenvalue weighted by molar-refractivity contribution is -0.140. The van der Waals surface area contributed by atoms with Gasteiger partial charge in [-0.2, -0.15) is 0 Å². The van der Waals surface area contributed by atoms with Crippen molar-refractivity contribution >= 4 is 38.4 Å². The third-order valence-corrected chi connectivity index (χ3v) is 4.43. The highest BCUT2D eigenvalue weighted by Gasteiger charge is 2.09. The number of methoxy groups -OCH3 is 1. The lowest BCUT2D eigenvalue weighted by Gasteiger charge is -2.13. The zero-order chi connectivity index (χ0) is 15.2. The summed E-state index contributed by atoms with van der Waals surface area (Å²) in [4.78, 5) is 15.6. The summed E-state index contributed by atoms with van der Waals surface area (Å²) in [7, 11) is 1.40. The van der Waals surface area contributed by atoms with Crippen molar-refractivity contribution in [1.82, 2.24) is 4.98 Å². The molecule has 2 aromatic rings. The minimum absolute atomic E-state index is 0.178. The minimum Gasteiger partial charge on any atom is -0.469 e. The highest BCUT2D eigenvalue weighted by atomic mass is 79.9. The van der Waals surface area contributed by atoms with Crippen LogP contribution in [0.3, 0.4) is 0 Å². The van der Waals surface area contributed by atoms with E-state index in [0.717, 1.165) is 15.3 Å². The molecule has 112 valence electrons. The van der Waals surface area contributed by atoms with E-state index in [9.17, 15) is 4.79 Å². The van der Waals surface area contributed by atoms with Crippen molar-refractivity contribution in [2.45, 2.75) is 25.8 Å². The second-order valence-corrected chi connectivity index (χ2v) is 6.41. The van der Waals surface area contributed by atoms with E-state index in [-0.39, 0.29) is 12.0 Å². The maximum atomic E-state index is 11.1. The fourth-order valence-corrected chi connectivity index (χ4v) is 2.94. The number of halogens is 1. The summed E-state index contributed by atoms with van der Waals surface area (Å²) >= 11 is 4.98. The fraction of sp³-hybridized carbons (Fsp3) is 0.333. The lowest BCUT2D eigenvalue weighted by atomic mass is 10.1. The molecule has 1 aromatic carbocycles. The summed E-state index contributed by atoms with van der Waals surface area (Å²) in [5.74, 6) is -0.208. The average Bonchev–Trinajstić information content (AvgIpc) is 2.93. The monoisotopic (exact) mass is 368 g/mol. The van der Waals surface area contributed by atoms with Gasteiger partial charge < -0.3 is 10.1 Å². The maximum Gasteiger partial charge on any atom is 0.305 e. The Hall–Kier alpha value is -1.40. The van der Waals surface area contributed by atoms with Gasteiger partial charge in [-0.15, -0.1) is 11.3 Å². The third kappa shape index (κ3) is 4.82. The third-order valence-electron chi connectivity index (χ3n) is 3.07. The number of rotatable bonds is 6. The first-order valence-electron chi connectivity index (χ1n) is 6.61. The average molecular weight is 369 g/mol. The Balaban J connectivity index is 1.92. The van der Waals surface area contributed by atoms with Gasteiger partial charge in [0.2, 0.25) is 0 Å². The summed E-state index contributed by atoms with van der Waals surface area (Å²) in [6, 6.07) is 8.38. The summed E-state index contributed by atoms with van der Waals surface area (Å²) in [6.07, 6.45) is 0.972. The Labute approximate surface area is 136 Å². The van der Waals surface area contributed by atoms with E-state index in [4.69, 9.17) is 0 Å². The quantitative estimate of drug-likeness (QED) is 0.776. The zero-order valence-electron chi connectivity index (χ0n) is 11.9. The molecule has 0 spiro atoms. The summed E-state index contributed by atoms with van der Waals surface area (Å²) in [5, 5.41) is 6.21. The number of aromatic nitrogens is 1. The number of hydrogen-bond acceptors (Lipinski definition) is 5. The molecule has 2 rings (SSSR count). The fourth-order valence-electron chi connectivity index (χ4n) is 1.84. The molecule has 0 saturated carbocycles. The van der Waals surface area contributed by atoms with Crippen molar-refractivity contribution < 1.29 is 9.53 Å². The van der Waals surface area contributed by atoms with Gasteiger partial charge in [0, 0.05) is 16.3 Å². The molecule has 0 saturated heterocycles. The van der Waals surface area contributed by atoms with E-state index >= 15 is 0 Å². The van der Waals surface area contributed by atoms with Crippen LogP contribution in [0.25, 0.3) is 0 Å². The van der Waals surface area contributed by atoms with Gasteiger partial charge in [-0.1, -0.05) is 28.1 Å².